The number of nitrogens with one attached hydrogen (secondary N) is 1. The van der Waals surface area contributed by atoms with Gasteiger partial charge in [0.2, 0.25) is 0 Å². The highest BCUT2D eigenvalue weighted by Crippen LogP contribution is 2.15. The maximum atomic E-state index is 12.4. The molecule has 5 heteroatoms. The van der Waals surface area contributed by atoms with Gasteiger partial charge < -0.3 is 10.4 Å². The number of hydrogen-bond acceptors (Lipinski definition) is 3. The number of rotatable bonds is 7. The van der Waals surface area contributed by atoms with Crippen LogP contribution in [0.5, 0.6) is 0 Å². The largest absolute Gasteiger partial charge is 0.395 e. The summed E-state index contributed by atoms with van der Waals surface area (Å²) in [4.78, 5) is 1.68. The first-order chi connectivity index (χ1) is 8.13. The topological polar surface area (TPSA) is 35.5 Å². The molecule has 1 heterocycles. The SMILES string of the molecule is CC(CC1CCCCN1)N(CCO)CC(F)F. The Morgan fingerprint density at radius 2 is 2.18 bits per heavy atom. The minimum absolute atomic E-state index is 0.0604. The Balaban J connectivity index is 2.36. The van der Waals surface area contributed by atoms with Crippen molar-refractivity contribution < 1.29 is 13.9 Å². The molecular weight excluding hydrogens is 226 g/mol. The van der Waals surface area contributed by atoms with Gasteiger partial charge in [0.25, 0.3) is 6.43 Å². The molecule has 0 amide bonds. The number of aliphatic hydroxyl groups is 1. The van der Waals surface area contributed by atoms with Gasteiger partial charge in [0.1, 0.15) is 0 Å². The van der Waals surface area contributed by atoms with Crippen LogP contribution in [0.25, 0.3) is 0 Å². The number of alkyl halides is 2. The number of nitrogens with zero attached hydrogens (tertiary/aromatic N) is 1. The van der Waals surface area contributed by atoms with E-state index in [-0.39, 0.29) is 19.2 Å². The van der Waals surface area contributed by atoms with Crippen molar-refractivity contribution >= 4 is 0 Å². The zero-order valence-electron chi connectivity index (χ0n) is 10.5. The predicted octanol–water partition coefficient (Wildman–Crippen LogP) is 1.47. The molecule has 1 saturated heterocycles. The van der Waals surface area contributed by atoms with E-state index >= 15 is 0 Å². The summed E-state index contributed by atoms with van der Waals surface area (Å²) in [5.41, 5.74) is 0. The van der Waals surface area contributed by atoms with Gasteiger partial charge in [-0.05, 0) is 32.7 Å². The van der Waals surface area contributed by atoms with Crippen molar-refractivity contribution in [3.8, 4) is 0 Å². The fourth-order valence-electron chi connectivity index (χ4n) is 2.48. The van der Waals surface area contributed by atoms with Gasteiger partial charge in [-0.1, -0.05) is 6.42 Å². The molecule has 1 aliphatic rings. The normalized spacial score (nSPS) is 23.3. The van der Waals surface area contributed by atoms with Crippen LogP contribution < -0.4 is 5.32 Å². The van der Waals surface area contributed by atoms with Crippen molar-refractivity contribution in [2.75, 3.05) is 26.2 Å². The van der Waals surface area contributed by atoms with Crippen LogP contribution in [-0.4, -0.2) is 54.8 Å². The second-order valence-electron chi connectivity index (χ2n) is 4.84. The quantitative estimate of drug-likeness (QED) is 0.718. The molecule has 0 radical (unpaired) electrons. The number of hydrogen-bond donors (Lipinski definition) is 2. The average molecular weight is 250 g/mol. The van der Waals surface area contributed by atoms with Gasteiger partial charge in [-0.3, -0.25) is 4.90 Å². The van der Waals surface area contributed by atoms with Crippen LogP contribution in [-0.2, 0) is 0 Å². The molecule has 3 nitrogen and oxygen atoms in total. The molecule has 2 atom stereocenters. The van der Waals surface area contributed by atoms with Crippen molar-refractivity contribution in [1.29, 1.82) is 0 Å². The molecule has 2 unspecified atom stereocenters. The Morgan fingerprint density at radius 1 is 1.41 bits per heavy atom. The molecule has 0 bridgehead atoms. The third-order valence-corrected chi connectivity index (χ3v) is 3.42. The van der Waals surface area contributed by atoms with Crippen molar-refractivity contribution in [1.82, 2.24) is 10.2 Å². The summed E-state index contributed by atoms with van der Waals surface area (Å²) in [7, 11) is 0. The zero-order valence-corrected chi connectivity index (χ0v) is 10.5. The van der Waals surface area contributed by atoms with Crippen LogP contribution in [0.3, 0.4) is 0 Å². The molecule has 0 saturated carbocycles. The second kappa shape index (κ2) is 7.95. The molecular formula is C12H24F2N2O. The maximum Gasteiger partial charge on any atom is 0.251 e. The third kappa shape index (κ3) is 5.75. The van der Waals surface area contributed by atoms with E-state index < -0.39 is 6.43 Å². The van der Waals surface area contributed by atoms with E-state index in [2.05, 4.69) is 5.32 Å². The van der Waals surface area contributed by atoms with Gasteiger partial charge in [-0.25, -0.2) is 8.78 Å². The minimum Gasteiger partial charge on any atom is -0.395 e. The van der Waals surface area contributed by atoms with Crippen LogP contribution in [0.15, 0.2) is 0 Å². The van der Waals surface area contributed by atoms with Crippen molar-refractivity contribution in [3.05, 3.63) is 0 Å². The lowest BCUT2D eigenvalue weighted by Crippen LogP contribution is -2.44. The zero-order chi connectivity index (χ0) is 12.7. The molecule has 0 aromatic heterocycles. The number of aliphatic hydroxyl groups excluding tert-OH is 1. The molecule has 0 aliphatic carbocycles. The standard InChI is InChI=1S/C12H24F2N2O/c1-10(8-11-4-2-3-5-15-11)16(6-7-17)9-12(13)14/h10-12,15,17H,2-9H2,1H3. The lowest BCUT2D eigenvalue weighted by molar-refractivity contribution is 0.0531. The first-order valence-electron chi connectivity index (χ1n) is 6.50. The maximum absolute atomic E-state index is 12.4. The summed E-state index contributed by atoms with van der Waals surface area (Å²) in [6.07, 6.45) is 2.11. The second-order valence-corrected chi connectivity index (χ2v) is 4.84. The third-order valence-electron chi connectivity index (χ3n) is 3.42. The van der Waals surface area contributed by atoms with E-state index in [1.54, 1.807) is 4.90 Å². The van der Waals surface area contributed by atoms with Crippen LogP contribution >= 0.6 is 0 Å². The fraction of sp³-hybridized carbons (Fsp3) is 1.00. The summed E-state index contributed by atoms with van der Waals surface area (Å²) in [6.45, 7) is 3.03. The van der Waals surface area contributed by atoms with Gasteiger partial charge >= 0.3 is 0 Å². The van der Waals surface area contributed by atoms with E-state index in [0.29, 0.717) is 12.6 Å². The molecule has 2 N–H and O–H groups in total. The number of piperidine rings is 1. The van der Waals surface area contributed by atoms with Crippen molar-refractivity contribution in [2.24, 2.45) is 0 Å². The molecule has 102 valence electrons. The Labute approximate surface area is 102 Å². The highest BCUT2D eigenvalue weighted by atomic mass is 19.3. The minimum atomic E-state index is -2.33. The Morgan fingerprint density at radius 3 is 2.71 bits per heavy atom. The van der Waals surface area contributed by atoms with Crippen LogP contribution in [0, 0.1) is 0 Å². The van der Waals surface area contributed by atoms with Gasteiger partial charge in [0.05, 0.1) is 13.2 Å². The van der Waals surface area contributed by atoms with E-state index in [0.717, 1.165) is 19.4 Å². The highest BCUT2D eigenvalue weighted by molar-refractivity contribution is 4.79. The van der Waals surface area contributed by atoms with Gasteiger partial charge in [-0.2, -0.15) is 0 Å². The Bertz CT molecular complexity index is 199. The predicted molar refractivity (Wildman–Crippen MR) is 64.4 cm³/mol. The summed E-state index contributed by atoms with van der Waals surface area (Å²) < 4.78 is 24.8. The summed E-state index contributed by atoms with van der Waals surface area (Å²) in [6, 6.07) is 0.532. The van der Waals surface area contributed by atoms with Crippen molar-refractivity contribution in [3.63, 3.8) is 0 Å². The molecule has 0 spiro atoms. The van der Waals surface area contributed by atoms with E-state index in [4.69, 9.17) is 5.11 Å². The summed E-state index contributed by atoms with van der Waals surface area (Å²) in [5.74, 6) is 0. The summed E-state index contributed by atoms with van der Waals surface area (Å²) >= 11 is 0. The highest BCUT2D eigenvalue weighted by Gasteiger charge is 2.22. The first kappa shape index (κ1) is 14.8. The van der Waals surface area contributed by atoms with E-state index in [9.17, 15) is 8.78 Å². The van der Waals surface area contributed by atoms with Gasteiger partial charge in [0.15, 0.2) is 0 Å². The van der Waals surface area contributed by atoms with Gasteiger partial charge in [0, 0.05) is 18.6 Å². The molecule has 0 aromatic rings. The fourth-order valence-corrected chi connectivity index (χ4v) is 2.48. The molecule has 1 rings (SSSR count). The number of halogens is 2. The molecule has 1 fully saturated rings. The smallest absolute Gasteiger partial charge is 0.251 e. The average Bonchev–Trinajstić information content (AvgIpc) is 2.29. The summed E-state index contributed by atoms with van der Waals surface area (Å²) in [5, 5.41) is 12.3. The lowest BCUT2D eigenvalue weighted by Gasteiger charge is -2.32. The monoisotopic (exact) mass is 250 g/mol. The first-order valence-corrected chi connectivity index (χ1v) is 6.50. The van der Waals surface area contributed by atoms with Crippen LogP contribution in [0.2, 0.25) is 0 Å². The lowest BCUT2D eigenvalue weighted by atomic mass is 9.98. The van der Waals surface area contributed by atoms with Crippen molar-refractivity contribution in [2.45, 2.75) is 51.1 Å². The molecule has 17 heavy (non-hydrogen) atoms. The van der Waals surface area contributed by atoms with Crippen LogP contribution in [0.1, 0.15) is 32.6 Å². The molecule has 0 aromatic carbocycles. The van der Waals surface area contributed by atoms with E-state index in [1.165, 1.54) is 12.8 Å². The Hall–Kier alpha value is -0.260. The molecule has 1 aliphatic heterocycles. The Kier molecular flexibility index (Phi) is 6.92. The van der Waals surface area contributed by atoms with Gasteiger partial charge in [-0.15, -0.1) is 0 Å². The van der Waals surface area contributed by atoms with E-state index in [1.807, 2.05) is 6.92 Å². The van der Waals surface area contributed by atoms with Crippen LogP contribution in [0.4, 0.5) is 8.78 Å².